The molecule has 7 heterocycles. The van der Waals surface area contributed by atoms with Crippen LogP contribution in [-0.4, -0.2) is 55.2 Å². The van der Waals surface area contributed by atoms with Crippen molar-refractivity contribution in [3.63, 3.8) is 0 Å². The Kier molecular flexibility index (Phi) is 10.9. The number of aliphatic hydroxyl groups is 3. The highest BCUT2D eigenvalue weighted by atomic mass is 33.1. The van der Waals surface area contributed by atoms with Crippen molar-refractivity contribution in [1.82, 2.24) is 14.9 Å². The van der Waals surface area contributed by atoms with Gasteiger partial charge in [0.05, 0.1) is 35.2 Å². The fourth-order valence-electron chi connectivity index (χ4n) is 10.6. The van der Waals surface area contributed by atoms with Crippen LogP contribution in [0.25, 0.3) is 10.9 Å². The second-order valence-corrected chi connectivity index (χ2v) is 20.2. The standard InChI is InChI=1S/C48H52N4O6S2/c1-27-4-8-33(41(55)18-27)42(56)20-31(53)7-5-28-6-13-43-45-37(28)26-60-59-25-30-22-51-46(49)34-10-9-32-35(44(30)34)19-29-21-50-39-24-52(23-36(29)39)47(58-45)38(11-12-40(32)54)48(16-17-57-43)14-2-3-15-48/h4,6,8-10,13,21,23-24,27,30,33,38,40-42,46-47,50-51,54-56H,2-3,5,7,14-15,18-20,22,25-26,49H2,1H3/t27-,30+,33-,38+,40-,41-,42+,46-,47+/m1/s1. The second kappa shape index (κ2) is 16.3. The smallest absolute Gasteiger partial charge is 0.191 e. The topological polar surface area (TPSA) is 155 Å². The summed E-state index contributed by atoms with van der Waals surface area (Å²) in [5.41, 5.74) is 14.4. The van der Waals surface area contributed by atoms with Gasteiger partial charge in [-0.3, -0.25) is 10.1 Å². The van der Waals surface area contributed by atoms with E-state index in [0.29, 0.717) is 43.1 Å². The Hall–Kier alpha value is -4.11. The number of aryl methyl sites for hydroxylation is 1. The van der Waals surface area contributed by atoms with Crippen molar-refractivity contribution in [3.8, 4) is 35.4 Å². The van der Waals surface area contributed by atoms with Crippen molar-refractivity contribution in [2.45, 2.75) is 107 Å². The number of nitrogens with two attached hydrogens (primary N) is 1. The number of ketones is 1. The molecule has 4 aromatic rings. The van der Waals surface area contributed by atoms with E-state index in [2.05, 4.69) is 63.4 Å². The van der Waals surface area contributed by atoms with Gasteiger partial charge < -0.3 is 40.1 Å². The van der Waals surface area contributed by atoms with Gasteiger partial charge in [-0.25, -0.2) is 0 Å². The number of hydrogen-bond acceptors (Lipinski definition) is 10. The molecular formula is C48H52N4O6S2. The third kappa shape index (κ3) is 7.28. The van der Waals surface area contributed by atoms with Gasteiger partial charge in [0, 0.05) is 78.7 Å². The molecule has 0 saturated heterocycles. The molecule has 0 radical (unpaired) electrons. The number of H-pyrrole nitrogens is 1. The number of aromatic nitrogens is 2. The number of rotatable bonds is 6. The highest BCUT2D eigenvalue weighted by Crippen LogP contribution is 2.52. The molecule has 2 aliphatic carbocycles. The Labute approximate surface area is 358 Å². The van der Waals surface area contributed by atoms with Gasteiger partial charge in [-0.1, -0.05) is 89.5 Å². The van der Waals surface area contributed by atoms with Gasteiger partial charge in [0.1, 0.15) is 18.0 Å². The molecule has 312 valence electrons. The first-order valence-corrected chi connectivity index (χ1v) is 24.0. The molecule has 2 aromatic heterocycles. The molecule has 9 atom stereocenters. The van der Waals surface area contributed by atoms with E-state index >= 15 is 0 Å². The minimum absolute atomic E-state index is 0.0239. The molecule has 8 bridgehead atoms. The van der Waals surface area contributed by atoms with E-state index in [-0.39, 0.29) is 36.6 Å². The summed E-state index contributed by atoms with van der Waals surface area (Å²) in [6, 6.07) is 8.02. The molecule has 1 saturated carbocycles. The zero-order chi connectivity index (χ0) is 41.1. The lowest BCUT2D eigenvalue weighted by molar-refractivity contribution is -0.122. The number of carbonyl (C=O) groups is 1. The van der Waals surface area contributed by atoms with Crippen molar-refractivity contribution < 1.29 is 29.6 Å². The number of hydrogen-bond donors (Lipinski definition) is 6. The lowest BCUT2D eigenvalue weighted by atomic mass is 9.73. The monoisotopic (exact) mass is 844 g/mol. The number of benzene rings is 2. The minimum atomic E-state index is -1.04. The maximum absolute atomic E-state index is 13.6. The maximum Gasteiger partial charge on any atom is 0.191 e. The number of aliphatic hydroxyl groups excluding tert-OH is 3. The van der Waals surface area contributed by atoms with Crippen LogP contribution in [0, 0.1) is 47.0 Å². The van der Waals surface area contributed by atoms with Crippen LogP contribution in [0.15, 0.2) is 55.0 Å². The fourth-order valence-corrected chi connectivity index (χ4v) is 13.1. The first-order chi connectivity index (χ1) is 29.2. The molecule has 10 nitrogen and oxygen atoms in total. The van der Waals surface area contributed by atoms with E-state index in [1.54, 1.807) is 21.6 Å². The summed E-state index contributed by atoms with van der Waals surface area (Å²) in [5.74, 6) is 12.5. The SMILES string of the molecule is C[C@@H]1C=C[C@@H]([C@@H](O)CC(=O)CCc2ccc3c4c2CSSC[C@@H]2CN[C@@H](N)c5ccc6c(c52)Cc2c[nH]c5cn(cc25)[C@@H](O4)[C@H](C#C[C@H]6O)C2(C#CO3)CCCC2)[C@H](O)C1. The molecule has 12 heteroatoms. The summed E-state index contributed by atoms with van der Waals surface area (Å²) >= 11 is 0. The Bertz CT molecular complexity index is 2480. The summed E-state index contributed by atoms with van der Waals surface area (Å²) in [7, 11) is 3.54. The van der Waals surface area contributed by atoms with E-state index in [1.165, 1.54) is 5.56 Å². The van der Waals surface area contributed by atoms with Gasteiger partial charge in [0.2, 0.25) is 0 Å². The summed E-state index contributed by atoms with van der Waals surface area (Å²) in [5, 5.41) is 38.5. The van der Waals surface area contributed by atoms with Gasteiger partial charge >= 0.3 is 0 Å². The number of carbonyl (C=O) groups excluding carboxylic acids is 1. The number of allylic oxidation sites excluding steroid dienone is 1. The highest BCUT2D eigenvalue weighted by molar-refractivity contribution is 8.76. The first kappa shape index (κ1) is 40.0. The molecule has 2 aromatic carbocycles. The van der Waals surface area contributed by atoms with Gasteiger partial charge in [0.15, 0.2) is 17.7 Å². The van der Waals surface area contributed by atoms with Gasteiger partial charge in [0.25, 0.3) is 0 Å². The molecule has 7 N–H and O–H groups in total. The average molecular weight is 845 g/mol. The fraction of sp³-hybridized carbons (Fsp3) is 0.479. The molecule has 5 aliphatic heterocycles. The zero-order valence-corrected chi connectivity index (χ0v) is 35.4. The molecule has 60 heavy (non-hydrogen) atoms. The Morgan fingerprint density at radius 2 is 1.93 bits per heavy atom. The number of nitrogens with one attached hydrogen (secondary N) is 2. The lowest BCUT2D eigenvalue weighted by Gasteiger charge is -2.36. The van der Waals surface area contributed by atoms with Gasteiger partial charge in [-0.05, 0) is 71.0 Å². The van der Waals surface area contributed by atoms with Crippen LogP contribution in [0.1, 0.15) is 115 Å². The zero-order valence-electron chi connectivity index (χ0n) is 33.8. The third-order valence-electron chi connectivity index (χ3n) is 13.9. The Balaban J connectivity index is 1.10. The summed E-state index contributed by atoms with van der Waals surface area (Å²) < 4.78 is 15.9. The van der Waals surface area contributed by atoms with Crippen LogP contribution < -0.4 is 20.5 Å². The summed E-state index contributed by atoms with van der Waals surface area (Å²) in [4.78, 5) is 17.1. The van der Waals surface area contributed by atoms with Crippen molar-refractivity contribution in [1.29, 1.82) is 0 Å². The molecule has 0 unspecified atom stereocenters. The number of ether oxygens (including phenoxy) is 2. The van der Waals surface area contributed by atoms with Crippen LogP contribution in [0.5, 0.6) is 11.5 Å². The van der Waals surface area contributed by atoms with Crippen molar-refractivity contribution in [3.05, 3.63) is 94.0 Å². The van der Waals surface area contributed by atoms with Gasteiger partial charge in [-0.2, -0.15) is 0 Å². The molecule has 11 rings (SSSR count). The van der Waals surface area contributed by atoms with Crippen molar-refractivity contribution >= 4 is 38.3 Å². The van der Waals surface area contributed by atoms with Crippen LogP contribution in [-0.2, 0) is 23.4 Å². The number of fused-ring (bicyclic) bond motifs is 4. The van der Waals surface area contributed by atoms with E-state index in [1.807, 2.05) is 37.3 Å². The average Bonchev–Trinajstić information content (AvgIpc) is 3.98. The number of Topliss-reactive ketones (excluding diaryl/α,β-unsaturated/α-hetero) is 1. The van der Waals surface area contributed by atoms with E-state index in [4.69, 9.17) is 15.2 Å². The number of nitrogens with zero attached hydrogens (tertiary/aromatic N) is 1. The molecule has 0 amide bonds. The van der Waals surface area contributed by atoms with E-state index in [0.717, 1.165) is 75.7 Å². The third-order valence-corrected chi connectivity index (χ3v) is 16.3. The first-order valence-electron chi connectivity index (χ1n) is 21.5. The summed E-state index contributed by atoms with van der Waals surface area (Å²) in [6.45, 7) is 2.74. The summed E-state index contributed by atoms with van der Waals surface area (Å²) in [6.07, 6.45) is 15.2. The molecule has 1 fully saturated rings. The van der Waals surface area contributed by atoms with E-state index in [9.17, 15) is 20.1 Å². The van der Waals surface area contributed by atoms with Crippen LogP contribution in [0.2, 0.25) is 0 Å². The van der Waals surface area contributed by atoms with Crippen LogP contribution in [0.4, 0.5) is 0 Å². The predicted octanol–water partition coefficient (Wildman–Crippen LogP) is 7.08. The molecular weight excluding hydrogens is 793 g/mol. The molecule has 7 aliphatic rings. The normalized spacial score (nSPS) is 29.1. The quantitative estimate of drug-likeness (QED) is 0.0674. The van der Waals surface area contributed by atoms with Crippen LogP contribution >= 0.6 is 21.6 Å². The number of aromatic amines is 1. The van der Waals surface area contributed by atoms with Crippen molar-refractivity contribution in [2.24, 2.45) is 28.9 Å². The van der Waals surface area contributed by atoms with Crippen molar-refractivity contribution in [2.75, 3.05) is 12.3 Å². The lowest BCUT2D eigenvalue weighted by Crippen LogP contribution is -2.39. The van der Waals surface area contributed by atoms with Gasteiger partial charge in [-0.15, -0.1) is 0 Å². The molecule has 1 spiro atoms. The predicted molar refractivity (Wildman–Crippen MR) is 235 cm³/mol. The second-order valence-electron chi connectivity index (χ2n) is 17.7. The Morgan fingerprint density at radius 1 is 1.08 bits per heavy atom. The van der Waals surface area contributed by atoms with E-state index < -0.39 is 41.8 Å². The Morgan fingerprint density at radius 3 is 2.78 bits per heavy atom. The highest BCUT2D eigenvalue weighted by Gasteiger charge is 2.47. The minimum Gasteiger partial charge on any atom is -0.465 e. The largest absolute Gasteiger partial charge is 0.465 e. The maximum atomic E-state index is 13.6. The van der Waals surface area contributed by atoms with Crippen LogP contribution in [0.3, 0.4) is 0 Å².